The topological polar surface area (TPSA) is 67.2 Å². The summed E-state index contributed by atoms with van der Waals surface area (Å²) >= 11 is 0. The van der Waals surface area contributed by atoms with Gasteiger partial charge in [-0.25, -0.2) is 0 Å². The minimum absolute atomic E-state index is 0.102. The molecule has 1 atom stereocenters. The highest BCUT2D eigenvalue weighted by Gasteiger charge is 2.44. The summed E-state index contributed by atoms with van der Waals surface area (Å²) < 4.78 is 1.54. The molecule has 0 saturated carbocycles. The highest BCUT2D eigenvalue weighted by Crippen LogP contribution is 2.39. The van der Waals surface area contributed by atoms with E-state index in [0.29, 0.717) is 16.9 Å². The van der Waals surface area contributed by atoms with Gasteiger partial charge < -0.3 is 5.32 Å². The number of hydrogen-bond donors (Lipinski definition) is 1. The molecule has 0 aliphatic carbocycles. The molecule has 2 aromatic rings. The third-order valence-corrected chi connectivity index (χ3v) is 3.51. The number of fused-ring (bicyclic) bond motifs is 5. The summed E-state index contributed by atoms with van der Waals surface area (Å²) in [5, 5.41) is 6.93. The minimum atomic E-state index is -0.423. The lowest BCUT2D eigenvalue weighted by Crippen LogP contribution is -2.44. The number of anilines is 1. The molecule has 0 radical (unpaired) electrons. The number of hydrogen-bond acceptors (Lipinski definition) is 3. The molecule has 1 aromatic heterocycles. The Morgan fingerprint density at radius 3 is 2.89 bits per heavy atom. The Hall–Kier alpha value is -2.63. The van der Waals surface area contributed by atoms with Gasteiger partial charge in [0.15, 0.2) is 5.69 Å². The van der Waals surface area contributed by atoms with Crippen LogP contribution in [-0.2, 0) is 7.05 Å². The predicted molar refractivity (Wildman–Crippen MR) is 66.7 cm³/mol. The number of aromatic nitrogens is 2. The van der Waals surface area contributed by atoms with E-state index >= 15 is 0 Å². The van der Waals surface area contributed by atoms with E-state index in [9.17, 15) is 9.59 Å². The van der Waals surface area contributed by atoms with Gasteiger partial charge in [-0.05, 0) is 6.07 Å². The van der Waals surface area contributed by atoms with Gasteiger partial charge >= 0.3 is 0 Å². The molecule has 2 aliphatic heterocycles. The van der Waals surface area contributed by atoms with Gasteiger partial charge in [0.25, 0.3) is 11.8 Å². The molecule has 94 valence electrons. The molecular formula is C13H10N4O2. The van der Waals surface area contributed by atoms with Crippen molar-refractivity contribution in [3.05, 3.63) is 47.3 Å². The summed E-state index contributed by atoms with van der Waals surface area (Å²) in [6.45, 7) is 0. The van der Waals surface area contributed by atoms with E-state index in [1.54, 1.807) is 28.9 Å². The van der Waals surface area contributed by atoms with Crippen LogP contribution in [0.5, 0.6) is 0 Å². The van der Waals surface area contributed by atoms with Gasteiger partial charge in [0, 0.05) is 24.4 Å². The summed E-state index contributed by atoms with van der Waals surface area (Å²) in [6.07, 6.45) is 1.28. The van der Waals surface area contributed by atoms with Gasteiger partial charge in [0.2, 0.25) is 0 Å². The van der Waals surface area contributed by atoms with Crippen molar-refractivity contribution in [3.63, 3.8) is 0 Å². The van der Waals surface area contributed by atoms with Crippen molar-refractivity contribution in [2.45, 2.75) is 6.17 Å². The number of nitrogens with zero attached hydrogens (tertiary/aromatic N) is 3. The SMILES string of the molecule is Cn1cc2c(n1)C(=O)N[C@@H]1c3ccccc3C(=O)N21. The summed E-state index contributed by atoms with van der Waals surface area (Å²) in [5.41, 5.74) is 2.32. The van der Waals surface area contributed by atoms with Crippen LogP contribution >= 0.6 is 0 Å². The first-order valence-corrected chi connectivity index (χ1v) is 5.94. The Morgan fingerprint density at radius 2 is 2.05 bits per heavy atom. The summed E-state index contributed by atoms with van der Waals surface area (Å²) in [7, 11) is 1.73. The molecule has 2 amide bonds. The first-order chi connectivity index (χ1) is 9.16. The van der Waals surface area contributed by atoms with E-state index in [2.05, 4.69) is 10.4 Å². The van der Waals surface area contributed by atoms with Crippen LogP contribution < -0.4 is 10.2 Å². The van der Waals surface area contributed by atoms with Crippen molar-refractivity contribution in [2.24, 2.45) is 7.05 Å². The first kappa shape index (κ1) is 10.3. The van der Waals surface area contributed by atoms with E-state index in [1.807, 2.05) is 18.2 Å². The van der Waals surface area contributed by atoms with Crippen molar-refractivity contribution in [1.29, 1.82) is 0 Å². The van der Waals surface area contributed by atoms with Crippen molar-refractivity contribution >= 4 is 17.5 Å². The quantitative estimate of drug-likeness (QED) is 0.757. The highest BCUT2D eigenvalue weighted by molar-refractivity contribution is 6.16. The second kappa shape index (κ2) is 3.23. The largest absolute Gasteiger partial charge is 0.326 e. The Kier molecular flexibility index (Phi) is 1.75. The van der Waals surface area contributed by atoms with Crippen LogP contribution in [0.3, 0.4) is 0 Å². The fourth-order valence-corrected chi connectivity index (χ4v) is 2.71. The summed E-state index contributed by atoms with van der Waals surface area (Å²) in [4.78, 5) is 26.1. The van der Waals surface area contributed by atoms with Gasteiger partial charge in [-0.15, -0.1) is 0 Å². The predicted octanol–water partition coefficient (Wildman–Crippen LogP) is 0.823. The fraction of sp³-hybridized carbons (Fsp3) is 0.154. The lowest BCUT2D eigenvalue weighted by molar-refractivity contribution is 0.0907. The van der Waals surface area contributed by atoms with Crippen LogP contribution in [0, 0.1) is 0 Å². The van der Waals surface area contributed by atoms with Crippen LogP contribution in [0.1, 0.15) is 32.6 Å². The molecule has 2 aliphatic rings. The number of rotatable bonds is 0. The number of amides is 2. The number of benzene rings is 1. The standard InChI is InChI=1S/C13H10N4O2/c1-16-6-9-10(15-16)12(18)14-11-7-4-2-3-5-8(7)13(19)17(9)11/h2-6,11H,1H3,(H,14,18)/t11-/m0/s1. The molecule has 19 heavy (non-hydrogen) atoms. The molecule has 3 heterocycles. The highest BCUT2D eigenvalue weighted by atomic mass is 16.2. The summed E-state index contributed by atoms with van der Waals surface area (Å²) in [6, 6.07) is 7.32. The monoisotopic (exact) mass is 254 g/mol. The van der Waals surface area contributed by atoms with E-state index in [1.165, 1.54) is 0 Å². The Bertz CT molecular complexity index is 734. The van der Waals surface area contributed by atoms with Gasteiger partial charge in [-0.3, -0.25) is 19.2 Å². The average molecular weight is 254 g/mol. The smallest absolute Gasteiger partial charge is 0.275 e. The van der Waals surface area contributed by atoms with Gasteiger partial charge in [0.05, 0.1) is 5.69 Å². The minimum Gasteiger partial charge on any atom is -0.326 e. The van der Waals surface area contributed by atoms with E-state index in [0.717, 1.165) is 5.56 Å². The second-order valence-corrected chi connectivity index (χ2v) is 4.68. The van der Waals surface area contributed by atoms with E-state index in [4.69, 9.17) is 0 Å². The third kappa shape index (κ3) is 1.17. The summed E-state index contributed by atoms with van der Waals surface area (Å²) in [5.74, 6) is -0.351. The molecule has 0 unspecified atom stereocenters. The lowest BCUT2D eigenvalue weighted by Gasteiger charge is -2.29. The van der Waals surface area contributed by atoms with Crippen molar-refractivity contribution in [2.75, 3.05) is 4.90 Å². The molecule has 0 bridgehead atoms. The maximum Gasteiger partial charge on any atom is 0.275 e. The zero-order valence-corrected chi connectivity index (χ0v) is 10.1. The Balaban J connectivity index is 1.96. The Morgan fingerprint density at radius 1 is 1.26 bits per heavy atom. The maximum absolute atomic E-state index is 12.4. The fourth-order valence-electron chi connectivity index (χ4n) is 2.71. The maximum atomic E-state index is 12.4. The zero-order chi connectivity index (χ0) is 13.1. The van der Waals surface area contributed by atoms with Crippen LogP contribution in [0.25, 0.3) is 0 Å². The van der Waals surface area contributed by atoms with Gasteiger partial charge in [-0.1, -0.05) is 18.2 Å². The number of aryl methyl sites for hydroxylation is 1. The lowest BCUT2D eigenvalue weighted by atomic mass is 10.1. The van der Waals surface area contributed by atoms with E-state index in [-0.39, 0.29) is 11.8 Å². The molecule has 1 aromatic carbocycles. The first-order valence-electron chi connectivity index (χ1n) is 5.94. The molecule has 6 heteroatoms. The average Bonchev–Trinajstić information content (AvgIpc) is 2.91. The molecular weight excluding hydrogens is 244 g/mol. The zero-order valence-electron chi connectivity index (χ0n) is 10.1. The van der Waals surface area contributed by atoms with Gasteiger partial charge in [0.1, 0.15) is 6.17 Å². The van der Waals surface area contributed by atoms with Crippen LogP contribution in [0.2, 0.25) is 0 Å². The van der Waals surface area contributed by atoms with Crippen molar-refractivity contribution in [3.8, 4) is 0 Å². The van der Waals surface area contributed by atoms with Crippen LogP contribution in [-0.4, -0.2) is 21.6 Å². The molecule has 0 saturated heterocycles. The third-order valence-electron chi connectivity index (χ3n) is 3.51. The number of carbonyl (C=O) groups excluding carboxylic acids is 2. The van der Waals surface area contributed by atoms with Crippen LogP contribution in [0.4, 0.5) is 5.69 Å². The Labute approximate surface area is 108 Å². The van der Waals surface area contributed by atoms with Crippen molar-refractivity contribution in [1.82, 2.24) is 15.1 Å². The molecule has 4 rings (SSSR count). The number of nitrogens with one attached hydrogen (secondary N) is 1. The normalized spacial score (nSPS) is 19.8. The molecule has 6 nitrogen and oxygen atoms in total. The molecule has 0 fully saturated rings. The second-order valence-electron chi connectivity index (χ2n) is 4.68. The molecule has 1 N–H and O–H groups in total. The van der Waals surface area contributed by atoms with Crippen LogP contribution in [0.15, 0.2) is 30.5 Å². The van der Waals surface area contributed by atoms with E-state index < -0.39 is 6.17 Å². The molecule has 0 spiro atoms. The van der Waals surface area contributed by atoms with Gasteiger partial charge in [-0.2, -0.15) is 5.10 Å². The van der Waals surface area contributed by atoms with Crippen molar-refractivity contribution < 1.29 is 9.59 Å². The number of carbonyl (C=O) groups is 2.